The Kier molecular flexibility index (Phi) is 5.07. The van der Waals surface area contributed by atoms with Crippen molar-refractivity contribution in [3.63, 3.8) is 0 Å². The van der Waals surface area contributed by atoms with Crippen LogP contribution in [-0.4, -0.2) is 67.3 Å². The number of sulfone groups is 1. The average molecular weight is 328 g/mol. The van der Waals surface area contributed by atoms with Gasteiger partial charge in [0.05, 0.1) is 11.0 Å². The molecule has 1 saturated carbocycles. The van der Waals surface area contributed by atoms with Gasteiger partial charge in [-0.2, -0.15) is 0 Å². The molecule has 1 amide bonds. The van der Waals surface area contributed by atoms with Crippen molar-refractivity contribution in [1.82, 2.24) is 9.80 Å². The summed E-state index contributed by atoms with van der Waals surface area (Å²) in [5.74, 6) is 0.520. The molecule has 3 rings (SSSR count). The molecule has 0 bridgehead atoms. The van der Waals surface area contributed by atoms with E-state index in [1.165, 1.54) is 6.42 Å². The third-order valence-corrected chi connectivity index (χ3v) is 7.81. The second kappa shape index (κ2) is 6.87. The van der Waals surface area contributed by atoms with Gasteiger partial charge in [-0.1, -0.05) is 12.8 Å². The Morgan fingerprint density at radius 3 is 2.45 bits per heavy atom. The average Bonchev–Trinajstić information content (AvgIpc) is 2.55. The number of carbonyl (C=O) groups is 1. The number of piperidine rings is 1. The van der Waals surface area contributed by atoms with E-state index in [0.717, 1.165) is 58.2 Å². The van der Waals surface area contributed by atoms with Gasteiger partial charge in [-0.25, -0.2) is 8.42 Å². The van der Waals surface area contributed by atoms with Crippen LogP contribution in [0.1, 0.15) is 51.4 Å². The third kappa shape index (κ3) is 3.48. The highest BCUT2D eigenvalue weighted by molar-refractivity contribution is 7.92. The van der Waals surface area contributed by atoms with Gasteiger partial charge in [0, 0.05) is 38.6 Å². The Balaban J connectivity index is 1.56. The first-order valence-electron chi connectivity index (χ1n) is 8.81. The molecule has 3 aliphatic rings. The quantitative estimate of drug-likeness (QED) is 0.786. The Morgan fingerprint density at radius 2 is 1.68 bits per heavy atom. The molecule has 2 atom stereocenters. The van der Waals surface area contributed by atoms with Crippen molar-refractivity contribution in [2.24, 2.45) is 0 Å². The van der Waals surface area contributed by atoms with Gasteiger partial charge in [-0.15, -0.1) is 0 Å². The molecule has 126 valence electrons. The van der Waals surface area contributed by atoms with Crippen molar-refractivity contribution < 1.29 is 13.2 Å². The van der Waals surface area contributed by atoms with Gasteiger partial charge >= 0.3 is 0 Å². The Hall–Kier alpha value is -0.620. The lowest BCUT2D eigenvalue weighted by atomic mass is 9.93. The second-order valence-corrected chi connectivity index (χ2v) is 9.32. The fourth-order valence-electron chi connectivity index (χ4n) is 4.29. The van der Waals surface area contributed by atoms with Crippen molar-refractivity contribution in [2.45, 2.75) is 62.7 Å². The summed E-state index contributed by atoms with van der Waals surface area (Å²) in [7, 11) is -2.91. The molecule has 5 nitrogen and oxygen atoms in total. The molecular formula is C16H28N2O3S. The fraction of sp³-hybridized carbons (Fsp3) is 0.938. The fourth-order valence-corrected chi connectivity index (χ4v) is 6.40. The standard InChI is InChI=1S/C16H28N2O3S/c19-16(18-9-4-1-5-10-18)8-11-17-12-13-22(20,21)15-7-3-2-6-14(15)17/h14-15H,1-13H2/t14-,15+/m0/s1. The smallest absolute Gasteiger partial charge is 0.223 e. The van der Waals surface area contributed by atoms with Gasteiger partial charge in [-0.05, 0) is 32.1 Å². The van der Waals surface area contributed by atoms with Crippen LogP contribution < -0.4 is 0 Å². The topological polar surface area (TPSA) is 57.7 Å². The zero-order valence-electron chi connectivity index (χ0n) is 13.4. The maximum Gasteiger partial charge on any atom is 0.223 e. The number of hydrogen-bond acceptors (Lipinski definition) is 4. The van der Waals surface area contributed by atoms with Gasteiger partial charge in [0.15, 0.2) is 9.84 Å². The first-order chi connectivity index (χ1) is 10.6. The number of hydrogen-bond donors (Lipinski definition) is 0. The molecule has 0 aromatic carbocycles. The van der Waals surface area contributed by atoms with E-state index in [4.69, 9.17) is 0 Å². The summed E-state index contributed by atoms with van der Waals surface area (Å²) in [4.78, 5) is 16.6. The lowest BCUT2D eigenvalue weighted by Gasteiger charge is -2.43. The maximum atomic E-state index is 12.3. The highest BCUT2D eigenvalue weighted by Crippen LogP contribution is 2.32. The molecule has 0 radical (unpaired) electrons. The summed E-state index contributed by atoms with van der Waals surface area (Å²) in [6.07, 6.45) is 7.96. The molecule has 0 aromatic heterocycles. The van der Waals surface area contributed by atoms with Gasteiger partial charge in [0.2, 0.25) is 5.91 Å². The van der Waals surface area contributed by atoms with E-state index in [9.17, 15) is 13.2 Å². The Labute approximate surface area is 134 Å². The third-order valence-electron chi connectivity index (χ3n) is 5.58. The highest BCUT2D eigenvalue weighted by Gasteiger charge is 2.42. The van der Waals surface area contributed by atoms with Crippen LogP contribution in [0.3, 0.4) is 0 Å². The van der Waals surface area contributed by atoms with Crippen LogP contribution in [0.2, 0.25) is 0 Å². The van der Waals surface area contributed by atoms with Gasteiger partial charge < -0.3 is 4.90 Å². The lowest BCUT2D eigenvalue weighted by Crippen LogP contribution is -2.56. The van der Waals surface area contributed by atoms with Gasteiger partial charge in [0.1, 0.15) is 0 Å². The minimum atomic E-state index is -2.91. The first kappa shape index (κ1) is 16.2. The molecule has 2 aliphatic heterocycles. The van der Waals surface area contributed by atoms with Crippen LogP contribution >= 0.6 is 0 Å². The van der Waals surface area contributed by atoms with Gasteiger partial charge in [0.25, 0.3) is 0 Å². The SMILES string of the molecule is O=C(CCN1CCS(=O)(=O)[C@@H]2CCCC[C@@H]21)N1CCCCC1. The van der Waals surface area contributed by atoms with E-state index in [1.54, 1.807) is 0 Å². The van der Waals surface area contributed by atoms with E-state index in [2.05, 4.69) is 4.90 Å². The van der Waals surface area contributed by atoms with Crippen LogP contribution in [-0.2, 0) is 14.6 Å². The minimum Gasteiger partial charge on any atom is -0.343 e. The molecule has 22 heavy (non-hydrogen) atoms. The second-order valence-electron chi connectivity index (χ2n) is 6.98. The van der Waals surface area contributed by atoms with Crippen molar-refractivity contribution in [3.05, 3.63) is 0 Å². The molecule has 3 fully saturated rings. The minimum absolute atomic E-state index is 0.154. The van der Waals surface area contributed by atoms with E-state index >= 15 is 0 Å². The molecule has 1 aliphatic carbocycles. The number of carbonyl (C=O) groups excluding carboxylic acids is 1. The molecule has 2 heterocycles. The predicted octanol–water partition coefficient (Wildman–Crippen LogP) is 1.43. The van der Waals surface area contributed by atoms with E-state index < -0.39 is 9.84 Å². The van der Waals surface area contributed by atoms with Crippen molar-refractivity contribution >= 4 is 15.7 Å². The zero-order chi connectivity index (χ0) is 15.6. The molecule has 2 saturated heterocycles. The summed E-state index contributed by atoms with van der Waals surface area (Å²) in [6.45, 7) is 3.14. The predicted molar refractivity (Wildman–Crippen MR) is 86.5 cm³/mol. The Bertz CT molecular complexity index is 500. The largest absolute Gasteiger partial charge is 0.343 e. The first-order valence-corrected chi connectivity index (χ1v) is 10.5. The number of rotatable bonds is 3. The zero-order valence-corrected chi connectivity index (χ0v) is 14.2. The van der Waals surface area contributed by atoms with Crippen molar-refractivity contribution in [3.8, 4) is 0 Å². The number of amides is 1. The maximum absolute atomic E-state index is 12.3. The summed E-state index contributed by atoms with van der Waals surface area (Å²) < 4.78 is 24.5. The van der Waals surface area contributed by atoms with Crippen molar-refractivity contribution in [1.29, 1.82) is 0 Å². The molecule has 0 unspecified atom stereocenters. The normalized spacial score (nSPS) is 32.5. The van der Waals surface area contributed by atoms with Gasteiger partial charge in [-0.3, -0.25) is 9.69 Å². The number of fused-ring (bicyclic) bond motifs is 1. The summed E-state index contributed by atoms with van der Waals surface area (Å²) >= 11 is 0. The molecule has 0 aromatic rings. The van der Waals surface area contributed by atoms with Crippen molar-refractivity contribution in [2.75, 3.05) is 31.9 Å². The number of likely N-dealkylation sites (tertiary alicyclic amines) is 1. The van der Waals surface area contributed by atoms with E-state index in [0.29, 0.717) is 13.0 Å². The van der Waals surface area contributed by atoms with Crippen LogP contribution in [0.5, 0.6) is 0 Å². The lowest BCUT2D eigenvalue weighted by molar-refractivity contribution is -0.132. The summed E-state index contributed by atoms with van der Waals surface area (Å²) in [6, 6.07) is 0.154. The Morgan fingerprint density at radius 1 is 0.955 bits per heavy atom. The summed E-state index contributed by atoms with van der Waals surface area (Å²) in [5.41, 5.74) is 0. The van der Waals surface area contributed by atoms with Crippen LogP contribution in [0.15, 0.2) is 0 Å². The molecule has 0 N–H and O–H groups in total. The summed E-state index contributed by atoms with van der Waals surface area (Å²) in [5, 5.41) is -0.180. The molecule has 6 heteroatoms. The molecular weight excluding hydrogens is 300 g/mol. The highest BCUT2D eigenvalue weighted by atomic mass is 32.2. The van der Waals surface area contributed by atoms with Crippen LogP contribution in [0, 0.1) is 0 Å². The molecule has 0 spiro atoms. The van der Waals surface area contributed by atoms with Crippen LogP contribution in [0.4, 0.5) is 0 Å². The van der Waals surface area contributed by atoms with E-state index in [1.807, 2.05) is 4.90 Å². The monoisotopic (exact) mass is 328 g/mol. The number of nitrogens with zero attached hydrogens (tertiary/aromatic N) is 2. The van der Waals surface area contributed by atoms with Crippen LogP contribution in [0.25, 0.3) is 0 Å². The van der Waals surface area contributed by atoms with E-state index in [-0.39, 0.29) is 23.0 Å².